The minimum atomic E-state index is 0.862. The molecule has 0 rings (SSSR count). The van der Waals surface area contributed by atoms with Crippen LogP contribution in [-0.2, 0) is 0 Å². The molecular formula is C11H22. The molecule has 0 fully saturated rings. The van der Waals surface area contributed by atoms with Gasteiger partial charge in [-0.3, -0.25) is 0 Å². The van der Waals surface area contributed by atoms with E-state index in [-0.39, 0.29) is 0 Å². The lowest BCUT2D eigenvalue weighted by atomic mass is 9.96. The average Bonchev–Trinajstić information content (AvgIpc) is 1.97. The summed E-state index contributed by atoms with van der Waals surface area (Å²) in [5.74, 6) is 1.75. The summed E-state index contributed by atoms with van der Waals surface area (Å²) in [6, 6.07) is 0. The molecule has 0 amide bonds. The van der Waals surface area contributed by atoms with Crippen molar-refractivity contribution in [3.63, 3.8) is 0 Å². The first-order valence-corrected chi connectivity index (χ1v) is 4.77. The summed E-state index contributed by atoms with van der Waals surface area (Å²) in [4.78, 5) is 0. The van der Waals surface area contributed by atoms with Crippen molar-refractivity contribution in [1.29, 1.82) is 0 Å². The van der Waals surface area contributed by atoms with Gasteiger partial charge in [0.15, 0.2) is 0 Å². The summed E-state index contributed by atoms with van der Waals surface area (Å²) in [6.45, 7) is 10.7. The first-order chi connectivity index (χ1) is 5.16. The molecule has 0 aromatic heterocycles. The van der Waals surface area contributed by atoms with Crippen LogP contribution < -0.4 is 0 Å². The molecule has 11 heavy (non-hydrogen) atoms. The van der Waals surface area contributed by atoms with E-state index in [1.54, 1.807) is 0 Å². The fourth-order valence-electron chi connectivity index (χ4n) is 1.16. The van der Waals surface area contributed by atoms with E-state index >= 15 is 0 Å². The zero-order chi connectivity index (χ0) is 8.69. The van der Waals surface area contributed by atoms with E-state index in [0.717, 1.165) is 11.8 Å². The van der Waals surface area contributed by atoms with Gasteiger partial charge in [-0.05, 0) is 24.7 Å². The van der Waals surface area contributed by atoms with E-state index < -0.39 is 0 Å². The highest BCUT2D eigenvalue weighted by atomic mass is 14.1. The normalized spacial score (nSPS) is 13.5. The zero-order valence-corrected chi connectivity index (χ0v) is 8.27. The standard InChI is InChI=1S/C11H22/c1-5-6-7-11(4)9-8-10(2)3/h5,10-11H,1,6-9H2,2-4H3. The van der Waals surface area contributed by atoms with Crippen molar-refractivity contribution in [2.75, 3.05) is 0 Å². The largest absolute Gasteiger partial charge is 0.103 e. The van der Waals surface area contributed by atoms with Crippen molar-refractivity contribution in [2.45, 2.75) is 46.5 Å². The zero-order valence-electron chi connectivity index (χ0n) is 8.27. The Labute approximate surface area is 71.7 Å². The highest BCUT2D eigenvalue weighted by Crippen LogP contribution is 2.16. The predicted molar refractivity (Wildman–Crippen MR) is 52.7 cm³/mol. The van der Waals surface area contributed by atoms with Gasteiger partial charge in [-0.2, -0.15) is 0 Å². The molecule has 0 bridgehead atoms. The van der Waals surface area contributed by atoms with Crippen LogP contribution in [0.3, 0.4) is 0 Å². The third-order valence-corrected chi connectivity index (χ3v) is 2.10. The van der Waals surface area contributed by atoms with Crippen LogP contribution in [-0.4, -0.2) is 0 Å². The van der Waals surface area contributed by atoms with E-state index in [0.29, 0.717) is 0 Å². The molecule has 0 saturated carbocycles. The maximum atomic E-state index is 3.73. The molecule has 66 valence electrons. The predicted octanol–water partition coefficient (Wildman–Crippen LogP) is 4.02. The summed E-state index contributed by atoms with van der Waals surface area (Å²) < 4.78 is 0. The molecule has 0 aliphatic rings. The van der Waals surface area contributed by atoms with E-state index in [1.165, 1.54) is 25.7 Å². The van der Waals surface area contributed by atoms with Gasteiger partial charge in [0.2, 0.25) is 0 Å². The molecule has 0 aromatic rings. The van der Waals surface area contributed by atoms with Crippen LogP contribution in [0, 0.1) is 11.8 Å². The lowest BCUT2D eigenvalue weighted by molar-refractivity contribution is 0.431. The summed E-state index contributed by atoms with van der Waals surface area (Å²) >= 11 is 0. The average molecular weight is 154 g/mol. The lowest BCUT2D eigenvalue weighted by Gasteiger charge is -2.10. The van der Waals surface area contributed by atoms with E-state index in [2.05, 4.69) is 27.4 Å². The summed E-state index contributed by atoms with van der Waals surface area (Å²) in [5, 5.41) is 0. The summed E-state index contributed by atoms with van der Waals surface area (Å²) in [7, 11) is 0. The van der Waals surface area contributed by atoms with Gasteiger partial charge in [-0.25, -0.2) is 0 Å². The minimum Gasteiger partial charge on any atom is -0.103 e. The Morgan fingerprint density at radius 1 is 1.09 bits per heavy atom. The molecular weight excluding hydrogens is 132 g/mol. The van der Waals surface area contributed by atoms with Crippen molar-refractivity contribution >= 4 is 0 Å². The molecule has 0 radical (unpaired) electrons. The Hall–Kier alpha value is -0.260. The number of rotatable bonds is 6. The van der Waals surface area contributed by atoms with Gasteiger partial charge in [0, 0.05) is 0 Å². The van der Waals surface area contributed by atoms with Gasteiger partial charge in [-0.1, -0.05) is 39.7 Å². The van der Waals surface area contributed by atoms with Gasteiger partial charge in [0.1, 0.15) is 0 Å². The maximum Gasteiger partial charge on any atom is -0.0351 e. The van der Waals surface area contributed by atoms with Crippen molar-refractivity contribution in [1.82, 2.24) is 0 Å². The first-order valence-electron chi connectivity index (χ1n) is 4.77. The van der Waals surface area contributed by atoms with Crippen molar-refractivity contribution in [3.05, 3.63) is 12.7 Å². The first kappa shape index (κ1) is 10.7. The van der Waals surface area contributed by atoms with Crippen LogP contribution in [0.15, 0.2) is 12.7 Å². The van der Waals surface area contributed by atoms with Gasteiger partial charge in [0.25, 0.3) is 0 Å². The van der Waals surface area contributed by atoms with Crippen LogP contribution >= 0.6 is 0 Å². The van der Waals surface area contributed by atoms with Gasteiger partial charge < -0.3 is 0 Å². The molecule has 0 saturated heterocycles. The Morgan fingerprint density at radius 3 is 2.18 bits per heavy atom. The van der Waals surface area contributed by atoms with Gasteiger partial charge in [0.05, 0.1) is 0 Å². The van der Waals surface area contributed by atoms with Crippen LogP contribution in [0.5, 0.6) is 0 Å². The number of hydrogen-bond donors (Lipinski definition) is 0. The fourth-order valence-corrected chi connectivity index (χ4v) is 1.16. The minimum absolute atomic E-state index is 0.862. The molecule has 0 aromatic carbocycles. The second kappa shape index (κ2) is 6.45. The van der Waals surface area contributed by atoms with Crippen LogP contribution in [0.25, 0.3) is 0 Å². The monoisotopic (exact) mass is 154 g/mol. The molecule has 0 N–H and O–H groups in total. The van der Waals surface area contributed by atoms with E-state index in [9.17, 15) is 0 Å². The molecule has 0 spiro atoms. The quantitative estimate of drug-likeness (QED) is 0.507. The molecule has 1 unspecified atom stereocenters. The fraction of sp³-hybridized carbons (Fsp3) is 0.818. The summed E-state index contributed by atoms with van der Waals surface area (Å²) in [6.07, 6.45) is 7.27. The van der Waals surface area contributed by atoms with Crippen LogP contribution in [0.4, 0.5) is 0 Å². The molecule has 0 nitrogen and oxygen atoms in total. The van der Waals surface area contributed by atoms with Crippen LogP contribution in [0.1, 0.15) is 46.5 Å². The highest BCUT2D eigenvalue weighted by Gasteiger charge is 2.01. The van der Waals surface area contributed by atoms with Gasteiger partial charge in [-0.15, -0.1) is 6.58 Å². The van der Waals surface area contributed by atoms with Crippen molar-refractivity contribution < 1.29 is 0 Å². The number of hydrogen-bond acceptors (Lipinski definition) is 0. The maximum absolute atomic E-state index is 3.73. The second-order valence-electron chi connectivity index (χ2n) is 3.94. The van der Waals surface area contributed by atoms with Crippen molar-refractivity contribution in [3.8, 4) is 0 Å². The second-order valence-corrected chi connectivity index (χ2v) is 3.94. The highest BCUT2D eigenvalue weighted by molar-refractivity contribution is 4.68. The molecule has 0 aliphatic heterocycles. The summed E-state index contributed by atoms with van der Waals surface area (Å²) in [5.41, 5.74) is 0. The van der Waals surface area contributed by atoms with E-state index in [1.807, 2.05) is 6.08 Å². The Bertz CT molecular complexity index is 92.2. The SMILES string of the molecule is C=CCCC(C)CCC(C)C. The third-order valence-electron chi connectivity index (χ3n) is 2.10. The van der Waals surface area contributed by atoms with E-state index in [4.69, 9.17) is 0 Å². The Morgan fingerprint density at radius 2 is 1.73 bits per heavy atom. The molecule has 0 aliphatic carbocycles. The van der Waals surface area contributed by atoms with Gasteiger partial charge >= 0.3 is 0 Å². The Kier molecular flexibility index (Phi) is 6.30. The smallest absolute Gasteiger partial charge is 0.0351 e. The number of allylic oxidation sites excluding steroid dienone is 1. The molecule has 1 atom stereocenters. The lowest BCUT2D eigenvalue weighted by Crippen LogP contribution is -1.97. The molecule has 0 heteroatoms. The third kappa shape index (κ3) is 7.64. The molecule has 0 heterocycles. The van der Waals surface area contributed by atoms with Crippen molar-refractivity contribution in [2.24, 2.45) is 11.8 Å². The van der Waals surface area contributed by atoms with Crippen LogP contribution in [0.2, 0.25) is 0 Å². The topological polar surface area (TPSA) is 0 Å². The Balaban J connectivity index is 3.21.